The average molecular weight is 279 g/mol. The molecule has 0 N–H and O–H groups in total. The molecule has 0 saturated carbocycles. The van der Waals surface area contributed by atoms with Crippen LogP contribution in [-0.4, -0.2) is 6.61 Å². The Balaban J connectivity index is 3.05. The third-order valence-electron chi connectivity index (χ3n) is 2.89. The maximum atomic E-state index is 6.21. The molecular formula is C17H23ClO. The van der Waals surface area contributed by atoms with Gasteiger partial charge in [-0.15, -0.1) is 11.8 Å². The largest absolute Gasteiger partial charge is 0.493 e. The van der Waals surface area contributed by atoms with E-state index in [2.05, 4.69) is 32.6 Å². The van der Waals surface area contributed by atoms with Crippen LogP contribution in [0, 0.1) is 11.8 Å². The first-order valence-electron chi connectivity index (χ1n) is 7.00. The summed E-state index contributed by atoms with van der Waals surface area (Å²) in [5, 5.41) is 0.783. The molecule has 0 fully saturated rings. The Labute approximate surface area is 122 Å². The van der Waals surface area contributed by atoms with E-state index in [1.807, 2.05) is 19.1 Å². The van der Waals surface area contributed by atoms with E-state index >= 15 is 0 Å². The second kappa shape index (κ2) is 8.12. The molecule has 1 nitrogen and oxygen atoms in total. The standard InChI is InChI=1S/C17H23ClO/c1-5-7-8-9-10-14-11-15(18)12-16(13(3)4)17(14)19-6-2/h11-13H,5-6,9-10H2,1-4H3. The molecular weight excluding hydrogens is 256 g/mol. The van der Waals surface area contributed by atoms with Gasteiger partial charge >= 0.3 is 0 Å². The van der Waals surface area contributed by atoms with E-state index in [0.717, 1.165) is 30.0 Å². The van der Waals surface area contributed by atoms with Crippen molar-refractivity contribution in [3.05, 3.63) is 28.3 Å². The maximum absolute atomic E-state index is 6.21. The molecule has 2 heteroatoms. The Morgan fingerprint density at radius 1 is 1.21 bits per heavy atom. The highest BCUT2D eigenvalue weighted by molar-refractivity contribution is 6.30. The molecule has 0 atom stereocenters. The van der Waals surface area contributed by atoms with Crippen LogP contribution < -0.4 is 4.74 Å². The topological polar surface area (TPSA) is 9.23 Å². The lowest BCUT2D eigenvalue weighted by Crippen LogP contribution is -2.03. The first-order valence-corrected chi connectivity index (χ1v) is 7.38. The van der Waals surface area contributed by atoms with Crippen LogP contribution in [0.5, 0.6) is 5.75 Å². The lowest BCUT2D eigenvalue weighted by molar-refractivity contribution is 0.331. The predicted molar refractivity (Wildman–Crippen MR) is 83.1 cm³/mol. The van der Waals surface area contributed by atoms with Crippen molar-refractivity contribution in [3.8, 4) is 17.6 Å². The van der Waals surface area contributed by atoms with E-state index < -0.39 is 0 Å². The minimum atomic E-state index is 0.403. The van der Waals surface area contributed by atoms with E-state index in [0.29, 0.717) is 12.5 Å². The minimum Gasteiger partial charge on any atom is -0.493 e. The van der Waals surface area contributed by atoms with Gasteiger partial charge in [-0.1, -0.05) is 32.4 Å². The van der Waals surface area contributed by atoms with Crippen molar-refractivity contribution in [2.45, 2.75) is 52.9 Å². The molecule has 0 aromatic heterocycles. The van der Waals surface area contributed by atoms with Crippen LogP contribution in [0.25, 0.3) is 0 Å². The van der Waals surface area contributed by atoms with Gasteiger partial charge in [-0.3, -0.25) is 0 Å². The zero-order valence-electron chi connectivity index (χ0n) is 12.3. The fourth-order valence-corrected chi connectivity index (χ4v) is 2.27. The van der Waals surface area contributed by atoms with Crippen LogP contribution in [0.4, 0.5) is 0 Å². The highest BCUT2D eigenvalue weighted by atomic mass is 35.5. The Morgan fingerprint density at radius 2 is 1.95 bits per heavy atom. The maximum Gasteiger partial charge on any atom is 0.126 e. The predicted octanol–water partition coefficient (Wildman–Crippen LogP) is 5.21. The molecule has 104 valence electrons. The van der Waals surface area contributed by atoms with Crippen molar-refractivity contribution < 1.29 is 4.74 Å². The smallest absolute Gasteiger partial charge is 0.126 e. The molecule has 0 aliphatic carbocycles. The van der Waals surface area contributed by atoms with Gasteiger partial charge in [0.05, 0.1) is 6.61 Å². The van der Waals surface area contributed by atoms with Crippen LogP contribution in [0.2, 0.25) is 5.02 Å². The molecule has 0 amide bonds. The normalized spacial score (nSPS) is 10.2. The fourth-order valence-electron chi connectivity index (χ4n) is 2.02. The van der Waals surface area contributed by atoms with Crippen LogP contribution in [-0.2, 0) is 6.42 Å². The van der Waals surface area contributed by atoms with E-state index in [1.165, 1.54) is 11.1 Å². The van der Waals surface area contributed by atoms with Crippen LogP contribution in [0.3, 0.4) is 0 Å². The van der Waals surface area contributed by atoms with Crippen molar-refractivity contribution in [2.75, 3.05) is 6.61 Å². The number of hydrogen-bond donors (Lipinski definition) is 0. The monoisotopic (exact) mass is 278 g/mol. The molecule has 1 aromatic carbocycles. The Kier molecular flexibility index (Phi) is 6.81. The first kappa shape index (κ1) is 15.9. The highest BCUT2D eigenvalue weighted by Crippen LogP contribution is 2.34. The van der Waals surface area contributed by atoms with Crippen molar-refractivity contribution >= 4 is 11.6 Å². The van der Waals surface area contributed by atoms with Gasteiger partial charge in [0.25, 0.3) is 0 Å². The summed E-state index contributed by atoms with van der Waals surface area (Å²) in [7, 11) is 0. The number of benzene rings is 1. The van der Waals surface area contributed by atoms with Gasteiger partial charge in [-0.05, 0) is 42.5 Å². The number of hydrogen-bond acceptors (Lipinski definition) is 1. The van der Waals surface area contributed by atoms with Crippen LogP contribution in [0.15, 0.2) is 12.1 Å². The van der Waals surface area contributed by atoms with Gasteiger partial charge in [0.15, 0.2) is 0 Å². The summed E-state index contributed by atoms with van der Waals surface area (Å²) >= 11 is 6.21. The SMILES string of the molecule is CCC#CCCc1cc(Cl)cc(C(C)C)c1OCC. The average Bonchev–Trinajstić information content (AvgIpc) is 2.37. The second-order valence-corrected chi connectivity index (χ2v) is 5.21. The molecule has 0 saturated heterocycles. The van der Waals surface area contributed by atoms with Crippen molar-refractivity contribution in [2.24, 2.45) is 0 Å². The Hall–Kier alpha value is -1.13. The fraction of sp³-hybridized carbons (Fsp3) is 0.529. The van der Waals surface area contributed by atoms with Gasteiger partial charge in [-0.25, -0.2) is 0 Å². The van der Waals surface area contributed by atoms with Crippen molar-refractivity contribution in [1.29, 1.82) is 0 Å². The minimum absolute atomic E-state index is 0.403. The van der Waals surface area contributed by atoms with Gasteiger partial charge in [0.2, 0.25) is 0 Å². The molecule has 0 aliphatic heterocycles. The number of aryl methyl sites for hydroxylation is 1. The van der Waals surface area contributed by atoms with Crippen molar-refractivity contribution in [1.82, 2.24) is 0 Å². The first-order chi connectivity index (χ1) is 9.10. The molecule has 1 aromatic rings. The quantitative estimate of drug-likeness (QED) is 0.672. The van der Waals surface area contributed by atoms with Crippen LogP contribution in [0.1, 0.15) is 57.6 Å². The molecule has 0 heterocycles. The molecule has 0 spiro atoms. The van der Waals surface area contributed by atoms with E-state index in [4.69, 9.17) is 16.3 Å². The lowest BCUT2D eigenvalue weighted by Gasteiger charge is -2.17. The third kappa shape index (κ3) is 4.80. The summed E-state index contributed by atoms with van der Waals surface area (Å²) in [5.41, 5.74) is 2.36. The number of ether oxygens (including phenoxy) is 1. The molecule has 0 aliphatic rings. The van der Waals surface area contributed by atoms with Crippen LogP contribution >= 0.6 is 11.6 Å². The van der Waals surface area contributed by atoms with Gasteiger partial charge in [0.1, 0.15) is 5.75 Å². The number of halogens is 1. The molecule has 0 bridgehead atoms. The summed E-state index contributed by atoms with van der Waals surface area (Å²) < 4.78 is 5.83. The third-order valence-corrected chi connectivity index (χ3v) is 3.11. The van der Waals surface area contributed by atoms with E-state index in [-0.39, 0.29) is 0 Å². The number of rotatable bonds is 5. The summed E-state index contributed by atoms with van der Waals surface area (Å²) in [4.78, 5) is 0. The molecule has 1 rings (SSSR count). The Morgan fingerprint density at radius 3 is 2.53 bits per heavy atom. The highest BCUT2D eigenvalue weighted by Gasteiger charge is 2.14. The molecule has 0 radical (unpaired) electrons. The van der Waals surface area contributed by atoms with E-state index in [1.54, 1.807) is 0 Å². The zero-order valence-corrected chi connectivity index (χ0v) is 13.1. The zero-order chi connectivity index (χ0) is 14.3. The molecule has 19 heavy (non-hydrogen) atoms. The lowest BCUT2D eigenvalue weighted by atomic mass is 9.97. The summed E-state index contributed by atoms with van der Waals surface area (Å²) in [6.45, 7) is 9.08. The summed E-state index contributed by atoms with van der Waals surface area (Å²) in [6.07, 6.45) is 2.65. The summed E-state index contributed by atoms with van der Waals surface area (Å²) in [6, 6.07) is 4.02. The van der Waals surface area contributed by atoms with Gasteiger partial charge in [0, 0.05) is 17.9 Å². The molecule has 0 unspecified atom stereocenters. The van der Waals surface area contributed by atoms with Gasteiger partial charge < -0.3 is 4.74 Å². The van der Waals surface area contributed by atoms with Crippen molar-refractivity contribution in [3.63, 3.8) is 0 Å². The van der Waals surface area contributed by atoms with Gasteiger partial charge in [-0.2, -0.15) is 0 Å². The summed E-state index contributed by atoms with van der Waals surface area (Å²) in [5.74, 6) is 7.67. The second-order valence-electron chi connectivity index (χ2n) is 4.78. The Bertz CT molecular complexity index is 466. The van der Waals surface area contributed by atoms with E-state index in [9.17, 15) is 0 Å².